The number of hydrogen-bond donors (Lipinski definition) is 1. The number of rotatable bonds is 5. The lowest BCUT2D eigenvalue weighted by Crippen LogP contribution is -2.21. The molecule has 1 aromatic heterocycles. The van der Waals surface area contributed by atoms with Crippen LogP contribution < -0.4 is 4.90 Å². The molecule has 1 aromatic rings. The van der Waals surface area contributed by atoms with Crippen LogP contribution in [0.15, 0.2) is 18.3 Å². The summed E-state index contributed by atoms with van der Waals surface area (Å²) in [6.07, 6.45) is 2.47. The Morgan fingerprint density at radius 3 is 2.62 bits per heavy atom. The lowest BCUT2D eigenvalue weighted by molar-refractivity contribution is 0.199. The van der Waals surface area contributed by atoms with Crippen LogP contribution in [-0.2, 0) is 0 Å². The second kappa shape index (κ2) is 5.85. The Bertz CT molecular complexity index is 323. The molecule has 1 N–H and O–H groups in total. The van der Waals surface area contributed by atoms with E-state index in [0.29, 0.717) is 5.92 Å². The van der Waals surface area contributed by atoms with Gasteiger partial charge in [-0.15, -0.1) is 0 Å². The van der Waals surface area contributed by atoms with Crippen LogP contribution in [0.25, 0.3) is 0 Å². The largest absolute Gasteiger partial charge is 0.389 e. The normalized spacial score (nSPS) is 12.9. The summed E-state index contributed by atoms with van der Waals surface area (Å²) in [7, 11) is 2.04. The smallest absolute Gasteiger partial charge is 0.128 e. The van der Waals surface area contributed by atoms with Crippen LogP contribution in [0.5, 0.6) is 0 Å². The molecule has 90 valence electrons. The lowest BCUT2D eigenvalue weighted by Gasteiger charge is -2.20. The summed E-state index contributed by atoms with van der Waals surface area (Å²) in [6.45, 7) is 7.20. The second-order valence-electron chi connectivity index (χ2n) is 4.73. The zero-order chi connectivity index (χ0) is 12.1. The van der Waals surface area contributed by atoms with E-state index < -0.39 is 6.10 Å². The minimum absolute atomic E-state index is 0.430. The van der Waals surface area contributed by atoms with Gasteiger partial charge in [-0.3, -0.25) is 0 Å². The zero-order valence-electron chi connectivity index (χ0n) is 10.6. The molecule has 1 atom stereocenters. The number of anilines is 1. The molecule has 0 spiro atoms. The highest BCUT2D eigenvalue weighted by atomic mass is 16.3. The molecule has 1 heterocycles. The van der Waals surface area contributed by atoms with E-state index in [1.165, 1.54) is 0 Å². The topological polar surface area (TPSA) is 36.4 Å². The maximum Gasteiger partial charge on any atom is 0.128 e. The molecule has 1 unspecified atom stereocenters. The van der Waals surface area contributed by atoms with Crippen molar-refractivity contribution in [1.29, 1.82) is 0 Å². The maximum atomic E-state index is 9.50. The Kier molecular flexibility index (Phi) is 4.74. The van der Waals surface area contributed by atoms with Gasteiger partial charge in [0.25, 0.3) is 0 Å². The van der Waals surface area contributed by atoms with Gasteiger partial charge < -0.3 is 10.0 Å². The average molecular weight is 222 g/mol. The highest BCUT2D eigenvalue weighted by Crippen LogP contribution is 2.17. The predicted octanol–water partition coefficient (Wildman–Crippen LogP) is 2.62. The van der Waals surface area contributed by atoms with Crippen LogP contribution in [0, 0.1) is 5.92 Å². The van der Waals surface area contributed by atoms with Gasteiger partial charge in [0.1, 0.15) is 5.82 Å². The number of aliphatic hydroxyl groups excluding tert-OH is 1. The van der Waals surface area contributed by atoms with Crippen LogP contribution in [-0.4, -0.2) is 23.7 Å². The van der Waals surface area contributed by atoms with E-state index in [0.717, 1.165) is 24.3 Å². The summed E-state index contributed by atoms with van der Waals surface area (Å²) in [5.74, 6) is 1.63. The first-order valence-corrected chi connectivity index (χ1v) is 5.86. The number of pyridine rings is 1. The van der Waals surface area contributed by atoms with E-state index in [1.54, 1.807) is 13.1 Å². The highest BCUT2D eigenvalue weighted by molar-refractivity contribution is 5.40. The number of hydrogen-bond acceptors (Lipinski definition) is 3. The fraction of sp³-hybridized carbons (Fsp3) is 0.615. The molecule has 0 fully saturated rings. The fourth-order valence-electron chi connectivity index (χ4n) is 1.47. The minimum Gasteiger partial charge on any atom is -0.389 e. The van der Waals surface area contributed by atoms with Crippen LogP contribution in [0.2, 0.25) is 0 Å². The Labute approximate surface area is 98.1 Å². The first-order chi connectivity index (χ1) is 7.50. The fourth-order valence-corrected chi connectivity index (χ4v) is 1.47. The molecule has 0 aromatic carbocycles. The van der Waals surface area contributed by atoms with E-state index in [4.69, 9.17) is 0 Å². The molecule has 0 bridgehead atoms. The van der Waals surface area contributed by atoms with E-state index in [2.05, 4.69) is 23.7 Å². The summed E-state index contributed by atoms with van der Waals surface area (Å²) in [5, 5.41) is 9.50. The molecule has 3 heteroatoms. The molecular formula is C13H22N2O. The van der Waals surface area contributed by atoms with E-state index in [9.17, 15) is 5.11 Å². The molecule has 0 aliphatic rings. The standard InChI is InChI=1S/C13H22N2O/c1-10(2)6-8-15(4)13-9-12(11(3)16)5-7-14-13/h5,7,9-11,16H,6,8H2,1-4H3. The third-order valence-electron chi connectivity index (χ3n) is 2.68. The minimum atomic E-state index is -0.430. The Balaban J connectivity index is 2.68. The van der Waals surface area contributed by atoms with Crippen LogP contribution in [0.3, 0.4) is 0 Å². The monoisotopic (exact) mass is 222 g/mol. The average Bonchev–Trinajstić information content (AvgIpc) is 2.26. The first kappa shape index (κ1) is 13.0. The summed E-state index contributed by atoms with van der Waals surface area (Å²) >= 11 is 0. The number of aromatic nitrogens is 1. The summed E-state index contributed by atoms with van der Waals surface area (Å²) < 4.78 is 0. The molecule has 0 amide bonds. The van der Waals surface area contributed by atoms with Crippen molar-refractivity contribution >= 4 is 5.82 Å². The van der Waals surface area contributed by atoms with Crippen molar-refractivity contribution < 1.29 is 5.11 Å². The van der Waals surface area contributed by atoms with Crippen molar-refractivity contribution in [1.82, 2.24) is 4.98 Å². The van der Waals surface area contributed by atoms with Gasteiger partial charge in [0.15, 0.2) is 0 Å². The lowest BCUT2D eigenvalue weighted by atomic mass is 10.1. The Morgan fingerprint density at radius 2 is 2.06 bits per heavy atom. The molecule has 0 saturated heterocycles. The van der Waals surface area contributed by atoms with Crippen molar-refractivity contribution in [3.05, 3.63) is 23.9 Å². The summed E-state index contributed by atoms with van der Waals surface area (Å²) in [4.78, 5) is 6.45. The van der Waals surface area contributed by atoms with E-state index in [-0.39, 0.29) is 0 Å². The van der Waals surface area contributed by atoms with Crippen molar-refractivity contribution in [3.8, 4) is 0 Å². The second-order valence-corrected chi connectivity index (χ2v) is 4.73. The van der Waals surface area contributed by atoms with Crippen molar-refractivity contribution in [2.24, 2.45) is 5.92 Å². The third kappa shape index (κ3) is 3.81. The molecular weight excluding hydrogens is 200 g/mol. The molecule has 0 radical (unpaired) electrons. The Hall–Kier alpha value is -1.09. The van der Waals surface area contributed by atoms with Gasteiger partial charge in [-0.2, -0.15) is 0 Å². The van der Waals surface area contributed by atoms with E-state index in [1.807, 2.05) is 19.2 Å². The van der Waals surface area contributed by atoms with Gasteiger partial charge >= 0.3 is 0 Å². The zero-order valence-corrected chi connectivity index (χ0v) is 10.6. The highest BCUT2D eigenvalue weighted by Gasteiger charge is 2.06. The van der Waals surface area contributed by atoms with Gasteiger partial charge in [-0.25, -0.2) is 4.98 Å². The molecule has 1 rings (SSSR count). The SMILES string of the molecule is CC(C)CCN(C)c1cc(C(C)O)ccn1. The van der Waals surface area contributed by atoms with Crippen LogP contribution in [0.4, 0.5) is 5.82 Å². The molecule has 0 saturated carbocycles. The summed E-state index contributed by atoms with van der Waals surface area (Å²) in [5.41, 5.74) is 0.918. The molecule has 3 nitrogen and oxygen atoms in total. The van der Waals surface area contributed by atoms with Gasteiger partial charge in [0.2, 0.25) is 0 Å². The Morgan fingerprint density at radius 1 is 1.38 bits per heavy atom. The van der Waals surface area contributed by atoms with Crippen LogP contribution >= 0.6 is 0 Å². The molecule has 0 aliphatic heterocycles. The van der Waals surface area contributed by atoms with Gasteiger partial charge in [-0.1, -0.05) is 13.8 Å². The molecule has 16 heavy (non-hydrogen) atoms. The third-order valence-corrected chi connectivity index (χ3v) is 2.68. The maximum absolute atomic E-state index is 9.50. The number of aliphatic hydroxyl groups is 1. The van der Waals surface area contributed by atoms with Crippen molar-refractivity contribution in [2.75, 3.05) is 18.5 Å². The van der Waals surface area contributed by atoms with Gasteiger partial charge in [0, 0.05) is 19.8 Å². The van der Waals surface area contributed by atoms with Crippen LogP contribution in [0.1, 0.15) is 38.9 Å². The summed E-state index contributed by atoms with van der Waals surface area (Å²) in [6, 6.07) is 3.80. The number of nitrogens with zero attached hydrogens (tertiary/aromatic N) is 2. The van der Waals surface area contributed by atoms with E-state index >= 15 is 0 Å². The predicted molar refractivity (Wildman–Crippen MR) is 67.6 cm³/mol. The van der Waals surface area contributed by atoms with Gasteiger partial charge in [-0.05, 0) is 37.0 Å². The van der Waals surface area contributed by atoms with Crippen molar-refractivity contribution in [3.63, 3.8) is 0 Å². The first-order valence-electron chi connectivity index (χ1n) is 5.86. The quantitative estimate of drug-likeness (QED) is 0.832. The molecule has 0 aliphatic carbocycles. The van der Waals surface area contributed by atoms with Crippen molar-refractivity contribution in [2.45, 2.75) is 33.3 Å². The van der Waals surface area contributed by atoms with Gasteiger partial charge in [0.05, 0.1) is 6.10 Å².